The molecule has 0 N–H and O–H groups in total. The van der Waals surface area contributed by atoms with Crippen LogP contribution in [0.1, 0.15) is 30.1 Å². The van der Waals surface area contributed by atoms with Crippen LogP contribution in [0.2, 0.25) is 5.02 Å². The number of carbonyl (C=O) groups excluding carboxylic acids is 1. The van der Waals surface area contributed by atoms with Gasteiger partial charge in [0.15, 0.2) is 5.78 Å². The van der Waals surface area contributed by atoms with Crippen LogP contribution in [0, 0.1) is 0 Å². The normalized spacial score (nSPS) is 12.2. The van der Waals surface area contributed by atoms with E-state index < -0.39 is 0 Å². The highest BCUT2D eigenvalue weighted by Crippen LogP contribution is 2.26. The van der Waals surface area contributed by atoms with Crippen molar-refractivity contribution in [2.24, 2.45) is 0 Å². The molecular formula is C12H14BrClO2. The van der Waals surface area contributed by atoms with Crippen LogP contribution < -0.4 is 4.74 Å². The lowest BCUT2D eigenvalue weighted by Crippen LogP contribution is -2.14. The van der Waals surface area contributed by atoms with Crippen LogP contribution in [-0.4, -0.2) is 17.7 Å². The van der Waals surface area contributed by atoms with E-state index in [1.165, 1.54) is 7.11 Å². The lowest BCUT2D eigenvalue weighted by Gasteiger charge is -2.11. The number of benzene rings is 1. The van der Waals surface area contributed by atoms with Gasteiger partial charge >= 0.3 is 0 Å². The Morgan fingerprint density at radius 3 is 2.81 bits per heavy atom. The van der Waals surface area contributed by atoms with Crippen LogP contribution in [0.15, 0.2) is 18.2 Å². The number of Topliss-reactive ketones (excluding diaryl/α,β-unsaturated/α-hetero) is 1. The van der Waals surface area contributed by atoms with Gasteiger partial charge in [0, 0.05) is 5.02 Å². The predicted molar refractivity (Wildman–Crippen MR) is 70.0 cm³/mol. The van der Waals surface area contributed by atoms with E-state index in [2.05, 4.69) is 15.9 Å². The average Bonchev–Trinajstić information content (AvgIpc) is 2.28. The third-order valence-corrected chi connectivity index (χ3v) is 3.36. The van der Waals surface area contributed by atoms with E-state index in [4.69, 9.17) is 16.3 Å². The Morgan fingerprint density at radius 2 is 2.25 bits per heavy atom. The number of methoxy groups -OCH3 is 1. The summed E-state index contributed by atoms with van der Waals surface area (Å²) in [5.74, 6) is 0.563. The van der Waals surface area contributed by atoms with Crippen molar-refractivity contribution in [2.75, 3.05) is 7.11 Å². The molecule has 0 amide bonds. The fourth-order valence-corrected chi connectivity index (χ4v) is 2.29. The maximum atomic E-state index is 12.1. The molecule has 1 aromatic carbocycles. The first-order valence-corrected chi connectivity index (χ1v) is 6.41. The summed E-state index contributed by atoms with van der Waals surface area (Å²) in [6.07, 6.45) is 1.77. The number of hydrogen-bond acceptors (Lipinski definition) is 2. The summed E-state index contributed by atoms with van der Waals surface area (Å²) < 4.78 is 5.15. The van der Waals surface area contributed by atoms with Crippen molar-refractivity contribution in [3.05, 3.63) is 28.8 Å². The maximum absolute atomic E-state index is 12.1. The Hall–Kier alpha value is -0.540. The number of ether oxygens (including phenoxy) is 1. The molecule has 0 saturated heterocycles. The second kappa shape index (κ2) is 6.26. The van der Waals surface area contributed by atoms with Crippen molar-refractivity contribution in [3.63, 3.8) is 0 Å². The van der Waals surface area contributed by atoms with Gasteiger partial charge in [0.05, 0.1) is 17.5 Å². The minimum Gasteiger partial charge on any atom is -0.496 e. The van der Waals surface area contributed by atoms with E-state index in [1.54, 1.807) is 18.2 Å². The smallest absolute Gasteiger partial charge is 0.180 e. The van der Waals surface area contributed by atoms with Crippen LogP contribution in [0.5, 0.6) is 5.75 Å². The SMILES string of the molecule is CCCC(Br)C(=O)c1ccc(Cl)cc1OC. The van der Waals surface area contributed by atoms with Crippen molar-refractivity contribution in [3.8, 4) is 5.75 Å². The topological polar surface area (TPSA) is 26.3 Å². The van der Waals surface area contributed by atoms with Crippen LogP contribution in [0.25, 0.3) is 0 Å². The molecule has 0 aliphatic carbocycles. The fraction of sp³-hybridized carbons (Fsp3) is 0.417. The summed E-state index contributed by atoms with van der Waals surface area (Å²) in [5.41, 5.74) is 0.572. The van der Waals surface area contributed by atoms with Crippen molar-refractivity contribution in [1.29, 1.82) is 0 Å². The number of halogens is 2. The van der Waals surface area contributed by atoms with Crippen molar-refractivity contribution in [2.45, 2.75) is 24.6 Å². The molecule has 1 atom stereocenters. The second-order valence-electron chi connectivity index (χ2n) is 3.47. The first kappa shape index (κ1) is 13.5. The molecule has 0 radical (unpaired) electrons. The number of carbonyl (C=O) groups is 1. The predicted octanol–water partition coefficient (Wildman–Crippen LogP) is 4.09. The first-order chi connectivity index (χ1) is 7.60. The number of ketones is 1. The van der Waals surface area contributed by atoms with Gasteiger partial charge in [0.2, 0.25) is 0 Å². The Bertz CT molecular complexity index is 379. The summed E-state index contributed by atoms with van der Waals surface area (Å²) in [4.78, 5) is 11.9. The lowest BCUT2D eigenvalue weighted by atomic mass is 10.0. The highest BCUT2D eigenvalue weighted by Gasteiger charge is 2.19. The fourth-order valence-electron chi connectivity index (χ4n) is 1.42. The molecule has 16 heavy (non-hydrogen) atoms. The summed E-state index contributed by atoms with van der Waals surface area (Å²) in [5, 5.41) is 0.565. The molecular weight excluding hydrogens is 291 g/mol. The van der Waals surface area contributed by atoms with Crippen molar-refractivity contribution in [1.82, 2.24) is 0 Å². The highest BCUT2D eigenvalue weighted by atomic mass is 79.9. The zero-order valence-corrected chi connectivity index (χ0v) is 11.6. The quantitative estimate of drug-likeness (QED) is 0.605. The molecule has 0 spiro atoms. The molecule has 4 heteroatoms. The molecule has 0 fully saturated rings. The van der Waals surface area contributed by atoms with Crippen molar-refractivity contribution >= 4 is 33.3 Å². The highest BCUT2D eigenvalue weighted by molar-refractivity contribution is 9.10. The Balaban J connectivity index is 2.98. The summed E-state index contributed by atoms with van der Waals surface area (Å²) in [7, 11) is 1.53. The second-order valence-corrected chi connectivity index (χ2v) is 5.01. The van der Waals surface area contributed by atoms with Gasteiger partial charge in [0.1, 0.15) is 5.75 Å². The summed E-state index contributed by atoms with van der Waals surface area (Å²) >= 11 is 9.22. The van der Waals surface area contributed by atoms with Gasteiger partial charge in [-0.05, 0) is 24.6 Å². The van der Waals surface area contributed by atoms with Gasteiger partial charge in [-0.1, -0.05) is 40.9 Å². The van der Waals surface area contributed by atoms with E-state index in [0.29, 0.717) is 16.3 Å². The minimum atomic E-state index is -0.160. The Labute approximate surface area is 109 Å². The minimum absolute atomic E-state index is 0.0374. The summed E-state index contributed by atoms with van der Waals surface area (Å²) in [6.45, 7) is 2.04. The molecule has 1 unspecified atom stereocenters. The van der Waals surface area contributed by atoms with Gasteiger partial charge < -0.3 is 4.74 Å². The van der Waals surface area contributed by atoms with Gasteiger partial charge in [-0.15, -0.1) is 0 Å². The van der Waals surface area contributed by atoms with Crippen LogP contribution >= 0.6 is 27.5 Å². The number of alkyl halides is 1. The van der Waals surface area contributed by atoms with E-state index in [0.717, 1.165) is 12.8 Å². The first-order valence-electron chi connectivity index (χ1n) is 5.12. The molecule has 0 aliphatic heterocycles. The summed E-state index contributed by atoms with van der Waals surface area (Å²) in [6, 6.07) is 5.05. The van der Waals surface area contributed by atoms with E-state index in [1.807, 2.05) is 6.92 Å². The average molecular weight is 306 g/mol. The number of hydrogen-bond donors (Lipinski definition) is 0. The lowest BCUT2D eigenvalue weighted by molar-refractivity contribution is 0.0985. The van der Waals surface area contributed by atoms with Crippen LogP contribution in [0.3, 0.4) is 0 Å². The monoisotopic (exact) mass is 304 g/mol. The zero-order valence-electron chi connectivity index (χ0n) is 9.30. The van der Waals surface area contributed by atoms with Crippen molar-refractivity contribution < 1.29 is 9.53 Å². The standard InChI is InChI=1S/C12H14BrClO2/c1-3-4-10(13)12(15)9-6-5-8(14)7-11(9)16-2/h5-7,10H,3-4H2,1-2H3. The molecule has 88 valence electrons. The Kier molecular flexibility index (Phi) is 5.29. The third kappa shape index (κ3) is 3.22. The zero-order chi connectivity index (χ0) is 12.1. The molecule has 0 bridgehead atoms. The molecule has 1 rings (SSSR count). The molecule has 2 nitrogen and oxygen atoms in total. The molecule has 0 aliphatic rings. The molecule has 0 heterocycles. The largest absolute Gasteiger partial charge is 0.496 e. The van der Waals surface area contributed by atoms with E-state index in [9.17, 15) is 4.79 Å². The van der Waals surface area contributed by atoms with Gasteiger partial charge in [0.25, 0.3) is 0 Å². The van der Waals surface area contributed by atoms with E-state index >= 15 is 0 Å². The Morgan fingerprint density at radius 1 is 1.56 bits per heavy atom. The van der Waals surface area contributed by atoms with E-state index in [-0.39, 0.29) is 10.6 Å². The molecule has 0 aromatic heterocycles. The van der Waals surface area contributed by atoms with Crippen LogP contribution in [0.4, 0.5) is 0 Å². The van der Waals surface area contributed by atoms with Gasteiger partial charge in [-0.25, -0.2) is 0 Å². The van der Waals surface area contributed by atoms with Gasteiger partial charge in [-0.3, -0.25) is 4.79 Å². The number of rotatable bonds is 5. The third-order valence-electron chi connectivity index (χ3n) is 2.26. The maximum Gasteiger partial charge on any atom is 0.180 e. The molecule has 0 saturated carbocycles. The van der Waals surface area contributed by atoms with Crippen LogP contribution in [-0.2, 0) is 0 Å². The molecule has 1 aromatic rings. The van der Waals surface area contributed by atoms with Gasteiger partial charge in [-0.2, -0.15) is 0 Å².